The molecular formula is C21H21FN2O4S. The molecule has 3 rings (SSSR count). The van der Waals surface area contributed by atoms with E-state index in [1.165, 1.54) is 12.1 Å². The molecule has 2 N–H and O–H groups in total. The highest BCUT2D eigenvalue weighted by Gasteiger charge is 2.16. The van der Waals surface area contributed by atoms with Crippen LogP contribution in [0.3, 0.4) is 0 Å². The number of benzene rings is 2. The van der Waals surface area contributed by atoms with Gasteiger partial charge < -0.3 is 9.67 Å². The third-order valence-corrected chi connectivity index (χ3v) is 5.82. The lowest BCUT2D eigenvalue weighted by molar-refractivity contribution is 0.103. The minimum atomic E-state index is -3.72. The molecule has 29 heavy (non-hydrogen) atoms. The second kappa shape index (κ2) is 8.59. The van der Waals surface area contributed by atoms with Crippen LogP contribution in [-0.4, -0.2) is 36.2 Å². The van der Waals surface area contributed by atoms with Crippen LogP contribution in [0, 0.1) is 5.82 Å². The summed E-state index contributed by atoms with van der Waals surface area (Å²) >= 11 is 0. The van der Waals surface area contributed by atoms with Gasteiger partial charge in [-0.2, -0.15) is 0 Å². The van der Waals surface area contributed by atoms with Gasteiger partial charge >= 0.3 is 0 Å². The van der Waals surface area contributed by atoms with E-state index >= 15 is 0 Å². The highest BCUT2D eigenvalue weighted by Crippen LogP contribution is 2.21. The fourth-order valence-electron chi connectivity index (χ4n) is 3.00. The van der Waals surface area contributed by atoms with Gasteiger partial charge in [0.05, 0.1) is 23.7 Å². The van der Waals surface area contributed by atoms with Crippen LogP contribution in [0.2, 0.25) is 0 Å². The third kappa shape index (κ3) is 4.90. The lowest BCUT2D eigenvalue weighted by Gasteiger charge is -2.11. The zero-order valence-corrected chi connectivity index (χ0v) is 16.6. The molecule has 6 nitrogen and oxygen atoms in total. The second-order valence-electron chi connectivity index (χ2n) is 6.59. The number of anilines is 1. The van der Waals surface area contributed by atoms with Crippen molar-refractivity contribution in [1.29, 1.82) is 0 Å². The van der Waals surface area contributed by atoms with Crippen molar-refractivity contribution in [2.45, 2.75) is 6.42 Å². The van der Waals surface area contributed by atoms with Crippen LogP contribution in [0.1, 0.15) is 27.3 Å². The van der Waals surface area contributed by atoms with Gasteiger partial charge in [-0.05, 0) is 29.8 Å². The summed E-state index contributed by atoms with van der Waals surface area (Å²) < 4.78 is 41.8. The number of ketones is 1. The Hall–Kier alpha value is -2.97. The molecule has 0 aliphatic rings. The fourth-order valence-corrected chi connectivity index (χ4v) is 3.82. The molecule has 0 radical (unpaired) electrons. The highest BCUT2D eigenvalue weighted by atomic mass is 32.2. The van der Waals surface area contributed by atoms with Crippen molar-refractivity contribution in [1.82, 2.24) is 4.57 Å². The number of hydrogen-bond donors (Lipinski definition) is 2. The smallest absolute Gasteiger partial charge is 0.234 e. The summed E-state index contributed by atoms with van der Waals surface area (Å²) in [5.74, 6) is -1.14. The summed E-state index contributed by atoms with van der Waals surface area (Å²) in [7, 11) is -1.97. The Bertz CT molecular complexity index is 1120. The van der Waals surface area contributed by atoms with Gasteiger partial charge in [-0.3, -0.25) is 9.52 Å². The van der Waals surface area contributed by atoms with Crippen LogP contribution >= 0.6 is 0 Å². The van der Waals surface area contributed by atoms with Crippen molar-refractivity contribution in [2.75, 3.05) is 17.1 Å². The van der Waals surface area contributed by atoms with Crippen molar-refractivity contribution < 1.29 is 22.7 Å². The fraction of sp³-hybridized carbons (Fsp3) is 0.190. The first-order valence-electron chi connectivity index (χ1n) is 8.95. The summed E-state index contributed by atoms with van der Waals surface area (Å²) in [6.07, 6.45) is 0.244. The molecule has 152 valence electrons. The molecule has 0 unspecified atom stereocenters. The maximum atomic E-state index is 14.5. The standard InChI is InChI=1S/C21H21FN2O4S/c1-24-18(9-10-20(24)21(26)15-5-3-2-4-6-15)13-16-7-8-17(14-19(16)22)23-29(27,28)12-11-25/h2-10,14,23,25H,11-13H2,1H3. The normalized spacial score (nSPS) is 11.4. The molecule has 0 spiro atoms. The van der Waals surface area contributed by atoms with E-state index in [2.05, 4.69) is 4.72 Å². The number of halogens is 1. The number of aliphatic hydroxyl groups excluding tert-OH is 1. The van der Waals surface area contributed by atoms with Gasteiger partial charge in [-0.15, -0.1) is 0 Å². The lowest BCUT2D eigenvalue weighted by atomic mass is 10.1. The van der Waals surface area contributed by atoms with E-state index in [-0.39, 0.29) is 17.9 Å². The number of sulfonamides is 1. The molecule has 1 aromatic heterocycles. The SMILES string of the molecule is Cn1c(Cc2ccc(NS(=O)(=O)CCO)cc2F)ccc1C(=O)c1ccccc1. The zero-order valence-electron chi connectivity index (χ0n) is 15.8. The maximum Gasteiger partial charge on any atom is 0.234 e. The number of aliphatic hydroxyl groups is 1. The van der Waals surface area contributed by atoms with Crippen LogP contribution in [0.4, 0.5) is 10.1 Å². The Balaban J connectivity index is 1.79. The van der Waals surface area contributed by atoms with Crippen LogP contribution in [0.5, 0.6) is 0 Å². The molecule has 0 saturated heterocycles. The summed E-state index contributed by atoms with van der Waals surface area (Å²) in [4.78, 5) is 12.7. The minimum Gasteiger partial charge on any atom is -0.395 e. The predicted molar refractivity (Wildman–Crippen MR) is 109 cm³/mol. The minimum absolute atomic E-state index is 0.0894. The number of nitrogens with one attached hydrogen (secondary N) is 1. The van der Waals surface area contributed by atoms with E-state index in [1.807, 2.05) is 6.07 Å². The van der Waals surface area contributed by atoms with Gasteiger partial charge in [-0.25, -0.2) is 12.8 Å². The Morgan fingerprint density at radius 1 is 1.10 bits per heavy atom. The van der Waals surface area contributed by atoms with Crippen LogP contribution < -0.4 is 4.72 Å². The van der Waals surface area contributed by atoms with Crippen molar-refractivity contribution >= 4 is 21.5 Å². The Morgan fingerprint density at radius 3 is 2.48 bits per heavy atom. The first-order valence-corrected chi connectivity index (χ1v) is 10.6. The Kier molecular flexibility index (Phi) is 6.14. The molecule has 0 fully saturated rings. The van der Waals surface area contributed by atoms with Crippen molar-refractivity contribution in [3.8, 4) is 0 Å². The van der Waals surface area contributed by atoms with E-state index in [0.717, 1.165) is 11.8 Å². The number of hydrogen-bond acceptors (Lipinski definition) is 4. The van der Waals surface area contributed by atoms with Gasteiger partial charge in [-0.1, -0.05) is 36.4 Å². The predicted octanol–water partition coefficient (Wildman–Crippen LogP) is 2.72. The topological polar surface area (TPSA) is 88.4 Å². The zero-order chi connectivity index (χ0) is 21.0. The van der Waals surface area contributed by atoms with Crippen LogP contribution in [-0.2, 0) is 23.5 Å². The molecule has 8 heteroatoms. The van der Waals surface area contributed by atoms with Crippen LogP contribution in [0.25, 0.3) is 0 Å². The molecular weight excluding hydrogens is 395 g/mol. The molecule has 0 aliphatic heterocycles. The quantitative estimate of drug-likeness (QED) is 0.553. The van der Waals surface area contributed by atoms with Gasteiger partial charge in [0, 0.05) is 24.7 Å². The molecule has 3 aromatic rings. The number of carbonyl (C=O) groups excluding carboxylic acids is 1. The highest BCUT2D eigenvalue weighted by molar-refractivity contribution is 7.92. The molecule has 2 aromatic carbocycles. The Morgan fingerprint density at radius 2 is 1.83 bits per heavy atom. The summed E-state index contributed by atoms with van der Waals surface area (Å²) in [6, 6.07) is 16.5. The molecule has 0 saturated carbocycles. The van der Waals surface area contributed by atoms with E-state index in [1.54, 1.807) is 48.0 Å². The first kappa shape index (κ1) is 20.8. The van der Waals surface area contributed by atoms with Gasteiger partial charge in [0.15, 0.2) is 0 Å². The number of nitrogens with zero attached hydrogens (tertiary/aromatic N) is 1. The average molecular weight is 416 g/mol. The maximum absolute atomic E-state index is 14.5. The number of rotatable bonds is 8. The number of aromatic nitrogens is 1. The van der Waals surface area contributed by atoms with Crippen molar-refractivity contribution in [2.24, 2.45) is 7.05 Å². The summed E-state index contributed by atoms with van der Waals surface area (Å²) in [5.41, 5.74) is 2.28. The van der Waals surface area contributed by atoms with Crippen molar-refractivity contribution in [3.63, 3.8) is 0 Å². The third-order valence-electron chi connectivity index (χ3n) is 4.55. The van der Waals surface area contributed by atoms with Crippen LogP contribution in [0.15, 0.2) is 60.7 Å². The molecule has 0 bridgehead atoms. The van der Waals surface area contributed by atoms with Crippen molar-refractivity contribution in [3.05, 3.63) is 89.0 Å². The van der Waals surface area contributed by atoms with E-state index in [9.17, 15) is 17.6 Å². The van der Waals surface area contributed by atoms with E-state index in [4.69, 9.17) is 5.11 Å². The summed E-state index contributed by atoms with van der Waals surface area (Å²) in [5, 5.41) is 8.76. The van der Waals surface area contributed by atoms with Gasteiger partial charge in [0.25, 0.3) is 0 Å². The Labute approximate surface area is 168 Å². The monoisotopic (exact) mass is 416 g/mol. The van der Waals surface area contributed by atoms with E-state index < -0.39 is 28.2 Å². The molecule has 0 amide bonds. The molecule has 1 heterocycles. The number of carbonyl (C=O) groups is 1. The van der Waals surface area contributed by atoms with Gasteiger partial charge in [0.2, 0.25) is 15.8 Å². The molecule has 0 aliphatic carbocycles. The lowest BCUT2D eigenvalue weighted by Crippen LogP contribution is -2.19. The molecule has 0 atom stereocenters. The van der Waals surface area contributed by atoms with Gasteiger partial charge in [0.1, 0.15) is 5.82 Å². The first-order chi connectivity index (χ1) is 13.8. The average Bonchev–Trinajstić information content (AvgIpc) is 3.04. The second-order valence-corrected chi connectivity index (χ2v) is 8.43. The largest absolute Gasteiger partial charge is 0.395 e. The van der Waals surface area contributed by atoms with E-state index in [0.29, 0.717) is 16.8 Å². The summed E-state index contributed by atoms with van der Waals surface area (Å²) in [6.45, 7) is -0.520.